The second-order valence-electron chi connectivity index (χ2n) is 1.04. The maximum atomic E-state index is 9.00. The second-order valence-corrected chi connectivity index (χ2v) is 1.04. The van der Waals surface area contributed by atoms with Crippen LogP contribution < -0.4 is 0 Å². The number of hydrogen-bond acceptors (Lipinski definition) is 2. The molecule has 0 fully saturated rings. The first kappa shape index (κ1) is 90.0. The van der Waals surface area contributed by atoms with Gasteiger partial charge in [0.25, 0.3) is 11.9 Å². The van der Waals surface area contributed by atoms with Gasteiger partial charge in [0.1, 0.15) is 0 Å². The maximum absolute atomic E-state index is 9.00. The Morgan fingerprint density at radius 3 is 0.750 bits per heavy atom. The van der Waals surface area contributed by atoms with Crippen molar-refractivity contribution < 1.29 is 91.5 Å². The summed E-state index contributed by atoms with van der Waals surface area (Å²) in [5.74, 6) is -1.67. The van der Waals surface area contributed by atoms with Crippen molar-refractivity contribution in [2.45, 2.75) is 13.8 Å². The summed E-state index contributed by atoms with van der Waals surface area (Å²) < 4.78 is 0. The Morgan fingerprint density at radius 2 is 0.750 bits per heavy atom. The van der Waals surface area contributed by atoms with Crippen LogP contribution in [0.3, 0.4) is 0 Å². The molecule has 0 heterocycles. The van der Waals surface area contributed by atoms with Crippen LogP contribution in [-0.2, 0) is 59.4 Å². The largest absolute Gasteiger partial charge is 0 e. The van der Waals surface area contributed by atoms with E-state index in [4.69, 9.17) is 19.8 Å². The van der Waals surface area contributed by atoms with E-state index in [9.17, 15) is 0 Å². The van der Waals surface area contributed by atoms with Gasteiger partial charge in [-0.3, -0.25) is 9.59 Å². The molecule has 0 aliphatic carbocycles. The Labute approximate surface area is 135 Å². The quantitative estimate of drug-likeness (QED) is 0.409. The van der Waals surface area contributed by atoms with Crippen molar-refractivity contribution >= 4 is 30.8 Å². The number of carboxylic acid groups (broad SMARTS) is 2. The summed E-state index contributed by atoms with van der Waals surface area (Å²) in [6, 6.07) is 0. The molecule has 0 saturated heterocycles. The Bertz CT molecular complexity index is 88.0. The third-order valence-electron chi connectivity index (χ3n) is 0. The zero-order valence-electron chi connectivity index (χ0n) is 7.68. The molecule has 0 aliphatic rings. The summed E-state index contributed by atoms with van der Waals surface area (Å²) >= 11 is 0. The van der Waals surface area contributed by atoms with Gasteiger partial charge >= 0.3 is 18.9 Å². The number of carboxylic acids is 2. The van der Waals surface area contributed by atoms with E-state index in [0.717, 1.165) is 13.8 Å². The third-order valence-corrected chi connectivity index (χ3v) is 0. The van der Waals surface area contributed by atoms with Crippen molar-refractivity contribution in [3.05, 3.63) is 0 Å². The van der Waals surface area contributed by atoms with Crippen LogP contribution in [0.5, 0.6) is 0 Å². The van der Waals surface area contributed by atoms with Gasteiger partial charge in [0.15, 0.2) is 0 Å². The van der Waals surface area contributed by atoms with Gasteiger partial charge in [-0.2, -0.15) is 0 Å². The first-order valence-electron chi connectivity index (χ1n) is 1.86. The molecule has 12 heteroatoms. The van der Waals surface area contributed by atoms with Crippen LogP contribution in [0.15, 0.2) is 0 Å². The van der Waals surface area contributed by atoms with E-state index in [1.807, 2.05) is 0 Å². The third kappa shape index (κ3) is 3770. The van der Waals surface area contributed by atoms with Crippen LogP contribution in [0.2, 0.25) is 0 Å². The van der Waals surface area contributed by atoms with Gasteiger partial charge < -0.3 is 32.1 Å². The summed E-state index contributed by atoms with van der Waals surface area (Å²) in [6.45, 7) is 2.17. The maximum Gasteiger partial charge on any atom is 0 e. The molecule has 0 aromatic rings. The first-order valence-corrected chi connectivity index (χ1v) is 1.86. The van der Waals surface area contributed by atoms with E-state index in [1.54, 1.807) is 0 Å². The van der Waals surface area contributed by atoms with Gasteiger partial charge in [-0.25, -0.2) is 0 Å². The molecular weight excluding hydrogens is 359 g/mol. The summed E-state index contributed by atoms with van der Waals surface area (Å²) in [5, 5.41) is 14.8. The standard InChI is InChI=1S/2C2H4O2.Co.Li.2Ni.4H2O.H/c2*1-2(3)4;;;;;;;;;/h2*1H3,(H,3,4);;;;;4*1H2;. The molecule has 111 valence electrons. The van der Waals surface area contributed by atoms with Crippen LogP contribution >= 0.6 is 0 Å². The molecule has 0 aliphatic heterocycles. The van der Waals surface area contributed by atoms with Gasteiger partial charge in [0.05, 0.1) is 0 Å². The molecule has 0 unspecified atom stereocenters. The minimum atomic E-state index is -0.833. The van der Waals surface area contributed by atoms with E-state index >= 15 is 0 Å². The smallest absolute Gasteiger partial charge is 0 e. The van der Waals surface area contributed by atoms with Crippen LogP contribution in [0.4, 0.5) is 0 Å². The number of aliphatic carboxylic acids is 2. The molecule has 0 aromatic carbocycles. The Balaban J connectivity index is -0.00000000375. The molecule has 0 bridgehead atoms. The summed E-state index contributed by atoms with van der Waals surface area (Å²) in [5.41, 5.74) is 0. The van der Waals surface area contributed by atoms with E-state index in [1.165, 1.54) is 0 Å². The van der Waals surface area contributed by atoms with Crippen LogP contribution in [0.1, 0.15) is 13.8 Å². The minimum absolute atomic E-state index is 0. The molecule has 0 spiro atoms. The van der Waals surface area contributed by atoms with Crippen LogP contribution in [0, 0.1) is 0 Å². The Hall–Kier alpha value is 0.871. The van der Waals surface area contributed by atoms with Crippen LogP contribution in [-0.4, -0.2) is 62.9 Å². The molecule has 16 heavy (non-hydrogen) atoms. The van der Waals surface area contributed by atoms with E-state index < -0.39 is 11.9 Å². The number of hydrogen-bond donors (Lipinski definition) is 2. The molecule has 0 atom stereocenters. The fourth-order valence-corrected chi connectivity index (χ4v) is 0. The molecule has 0 aromatic heterocycles. The van der Waals surface area contributed by atoms with Crippen molar-refractivity contribution in [2.24, 2.45) is 0 Å². The number of carbonyl (C=O) groups is 2. The van der Waals surface area contributed by atoms with E-state index in [0.29, 0.717) is 0 Å². The number of rotatable bonds is 0. The first-order chi connectivity index (χ1) is 3.46. The van der Waals surface area contributed by atoms with Crippen molar-refractivity contribution in [1.82, 2.24) is 0 Å². The topological polar surface area (TPSA) is 201 Å². The average molecular weight is 376 g/mol. The van der Waals surface area contributed by atoms with Crippen LogP contribution in [0.25, 0.3) is 0 Å². The fraction of sp³-hybridized carbons (Fsp3) is 0.500. The summed E-state index contributed by atoms with van der Waals surface area (Å²) in [7, 11) is 0. The van der Waals surface area contributed by atoms with Crippen molar-refractivity contribution in [3.8, 4) is 0 Å². The van der Waals surface area contributed by atoms with E-state index in [-0.39, 0.29) is 90.5 Å². The Morgan fingerprint density at radius 1 is 0.750 bits per heavy atom. The zero-order valence-corrected chi connectivity index (χ0v) is 10.7. The van der Waals surface area contributed by atoms with Gasteiger partial charge in [0, 0.05) is 63.6 Å². The molecule has 0 rings (SSSR count). The Kier molecular flexibility index (Phi) is 418. The van der Waals surface area contributed by atoms with Gasteiger partial charge in [-0.1, -0.05) is 0 Å². The predicted octanol–water partition coefficient (Wildman–Crippen LogP) is -3.77. The molecule has 10 N–H and O–H groups in total. The molecule has 8 nitrogen and oxygen atoms in total. The second kappa shape index (κ2) is 74.3. The van der Waals surface area contributed by atoms with E-state index in [2.05, 4.69) is 0 Å². The molecule has 0 saturated carbocycles. The van der Waals surface area contributed by atoms with Gasteiger partial charge in [-0.15, -0.1) is 0 Å². The molecular formula is C4H17CoLiNi2O8. The fourth-order valence-electron chi connectivity index (χ4n) is 0. The summed E-state index contributed by atoms with van der Waals surface area (Å²) in [6.07, 6.45) is 0. The zero-order chi connectivity index (χ0) is 7.15. The normalized spacial score (nSPS) is 3.12. The van der Waals surface area contributed by atoms with Crippen molar-refractivity contribution in [3.63, 3.8) is 0 Å². The SMILES string of the molecule is CC(=O)O.CC(=O)O.O.O.O.O.[Co].[LiH].[Ni].[Ni]. The predicted molar refractivity (Wildman–Crippen MR) is 48.2 cm³/mol. The minimum Gasteiger partial charge on any atom is 0 e. The van der Waals surface area contributed by atoms with Gasteiger partial charge in [-0.05, 0) is 0 Å². The average Bonchev–Trinajstić information content (AvgIpc) is 1.25. The molecule has 0 amide bonds. The molecule has 1 radical (unpaired) electrons. The summed E-state index contributed by atoms with van der Waals surface area (Å²) in [4.78, 5) is 18.0. The van der Waals surface area contributed by atoms with Crippen molar-refractivity contribution in [2.75, 3.05) is 0 Å². The monoisotopic (exact) mass is 375 g/mol. The van der Waals surface area contributed by atoms with Gasteiger partial charge in [0.2, 0.25) is 0 Å². The van der Waals surface area contributed by atoms with Crippen molar-refractivity contribution in [1.29, 1.82) is 0 Å².